The fourth-order valence-corrected chi connectivity index (χ4v) is 2.69. The number of alkyl halides is 3. The van der Waals surface area contributed by atoms with E-state index in [0.717, 1.165) is 4.52 Å². The van der Waals surface area contributed by atoms with Crippen molar-refractivity contribution in [3.63, 3.8) is 0 Å². The molecular formula is C17H20F3N5O3. The Morgan fingerprint density at radius 2 is 1.96 bits per heavy atom. The molecule has 0 fully saturated rings. The number of hydrogen-bond donors (Lipinski definition) is 2. The van der Waals surface area contributed by atoms with Crippen molar-refractivity contribution in [1.82, 2.24) is 24.9 Å². The minimum Gasteiger partial charge on any atom is -0.480 e. The highest BCUT2D eigenvalue weighted by Crippen LogP contribution is 2.27. The average molecular weight is 399 g/mol. The number of hydrogen-bond acceptors (Lipinski definition) is 5. The molecule has 2 rings (SSSR count). The number of nitrogens with one attached hydrogen (secondary N) is 1. The van der Waals surface area contributed by atoms with Crippen LogP contribution >= 0.6 is 0 Å². The van der Waals surface area contributed by atoms with Gasteiger partial charge < -0.3 is 10.4 Å². The first-order chi connectivity index (χ1) is 13.0. The number of rotatable bonds is 7. The summed E-state index contributed by atoms with van der Waals surface area (Å²) in [6, 6.07) is -1.05. The maximum Gasteiger partial charge on any atom is 0.453 e. The Morgan fingerprint density at radius 3 is 2.54 bits per heavy atom. The fourth-order valence-electron chi connectivity index (χ4n) is 2.69. The van der Waals surface area contributed by atoms with E-state index in [0.29, 0.717) is 17.0 Å². The zero-order chi connectivity index (χ0) is 21.1. The Kier molecular flexibility index (Phi) is 6.37. The molecule has 2 heterocycles. The van der Waals surface area contributed by atoms with Gasteiger partial charge in [0.05, 0.1) is 0 Å². The number of amides is 1. The molecule has 0 radical (unpaired) electrons. The van der Waals surface area contributed by atoms with Crippen LogP contribution in [-0.2, 0) is 22.2 Å². The molecule has 0 aliphatic rings. The van der Waals surface area contributed by atoms with Gasteiger partial charge in [0.15, 0.2) is 0 Å². The first kappa shape index (κ1) is 21.3. The van der Waals surface area contributed by atoms with E-state index in [2.05, 4.69) is 20.4 Å². The lowest BCUT2D eigenvalue weighted by Crippen LogP contribution is -2.40. The van der Waals surface area contributed by atoms with E-state index in [1.807, 2.05) is 0 Å². The summed E-state index contributed by atoms with van der Waals surface area (Å²) in [6.07, 6.45) is -1.09. The Hall–Kier alpha value is -2.98. The third-order valence-corrected chi connectivity index (χ3v) is 4.15. The molecule has 0 saturated heterocycles. The van der Waals surface area contributed by atoms with Crippen LogP contribution in [0.1, 0.15) is 42.5 Å². The monoisotopic (exact) mass is 399 g/mol. The molecule has 1 amide bonds. The molecule has 28 heavy (non-hydrogen) atoms. The van der Waals surface area contributed by atoms with Gasteiger partial charge in [-0.05, 0) is 39.2 Å². The summed E-state index contributed by atoms with van der Waals surface area (Å²) in [7, 11) is 0. The molecule has 0 aliphatic carbocycles. The van der Waals surface area contributed by atoms with Gasteiger partial charge in [-0.25, -0.2) is 14.3 Å². The van der Waals surface area contributed by atoms with Crippen molar-refractivity contribution in [1.29, 1.82) is 0 Å². The van der Waals surface area contributed by atoms with E-state index in [1.54, 1.807) is 32.9 Å². The molecule has 2 N–H and O–H groups in total. The van der Waals surface area contributed by atoms with Crippen molar-refractivity contribution in [2.45, 2.75) is 52.3 Å². The minimum absolute atomic E-state index is 0.0463. The van der Waals surface area contributed by atoms with Gasteiger partial charge in [-0.3, -0.25) is 4.79 Å². The van der Waals surface area contributed by atoms with Gasteiger partial charge in [0.25, 0.3) is 11.6 Å². The summed E-state index contributed by atoms with van der Waals surface area (Å²) in [5.41, 5.74) is 1.38. The highest BCUT2D eigenvalue weighted by atomic mass is 19.4. The van der Waals surface area contributed by atoms with Crippen LogP contribution in [0.2, 0.25) is 0 Å². The number of carbonyl (C=O) groups is 2. The minimum atomic E-state index is -4.69. The summed E-state index contributed by atoms with van der Waals surface area (Å²) in [5.74, 6) is -3.09. The van der Waals surface area contributed by atoms with E-state index < -0.39 is 29.9 Å². The molecule has 11 heteroatoms. The lowest BCUT2D eigenvalue weighted by Gasteiger charge is -2.14. The van der Waals surface area contributed by atoms with Gasteiger partial charge in [0, 0.05) is 17.8 Å². The van der Waals surface area contributed by atoms with E-state index in [1.165, 1.54) is 0 Å². The SMILES string of the molecule is C/C=C/CC(NC(=O)CCc1c(C)nc2nc(C(F)(F)F)nn2c1C)C(=O)O. The van der Waals surface area contributed by atoms with Crippen molar-refractivity contribution in [2.24, 2.45) is 0 Å². The lowest BCUT2D eigenvalue weighted by atomic mass is 10.1. The van der Waals surface area contributed by atoms with Crippen LogP contribution in [0.25, 0.3) is 5.78 Å². The molecule has 0 saturated carbocycles. The van der Waals surface area contributed by atoms with E-state index in [9.17, 15) is 22.8 Å². The van der Waals surface area contributed by atoms with E-state index >= 15 is 0 Å². The van der Waals surface area contributed by atoms with Gasteiger partial charge in [0.2, 0.25) is 5.91 Å². The van der Waals surface area contributed by atoms with Gasteiger partial charge in [-0.15, -0.1) is 5.10 Å². The van der Waals surface area contributed by atoms with Gasteiger partial charge in [-0.2, -0.15) is 18.2 Å². The molecule has 0 bridgehead atoms. The zero-order valence-corrected chi connectivity index (χ0v) is 15.5. The maximum atomic E-state index is 12.8. The summed E-state index contributed by atoms with van der Waals surface area (Å²) < 4.78 is 39.4. The molecule has 0 aliphatic heterocycles. The van der Waals surface area contributed by atoms with Crippen molar-refractivity contribution < 1.29 is 27.9 Å². The molecule has 2 aromatic heterocycles. The molecule has 2 aromatic rings. The van der Waals surface area contributed by atoms with Crippen molar-refractivity contribution in [3.8, 4) is 0 Å². The standard InChI is InChI=1S/C17H20F3N5O3/c1-4-5-6-12(14(27)28)22-13(26)8-7-11-9(2)21-16-23-15(17(18,19)20)24-25(16)10(11)3/h4-5,12H,6-8H2,1-3H3,(H,22,26)(H,27,28)/b5-4+. The molecule has 0 aromatic carbocycles. The predicted molar refractivity (Wildman–Crippen MR) is 92.6 cm³/mol. The van der Waals surface area contributed by atoms with Gasteiger partial charge in [0.1, 0.15) is 6.04 Å². The number of aryl methyl sites for hydroxylation is 2. The number of aliphatic carboxylic acids is 1. The van der Waals surface area contributed by atoms with Crippen LogP contribution in [0.3, 0.4) is 0 Å². The number of nitrogens with zero attached hydrogens (tertiary/aromatic N) is 4. The van der Waals surface area contributed by atoms with E-state index in [-0.39, 0.29) is 25.0 Å². The van der Waals surface area contributed by atoms with Crippen LogP contribution in [0.15, 0.2) is 12.2 Å². The van der Waals surface area contributed by atoms with Crippen molar-refractivity contribution >= 4 is 17.7 Å². The highest BCUT2D eigenvalue weighted by Gasteiger charge is 2.37. The zero-order valence-electron chi connectivity index (χ0n) is 15.5. The smallest absolute Gasteiger partial charge is 0.453 e. The molecule has 1 atom stereocenters. The summed E-state index contributed by atoms with van der Waals surface area (Å²) in [4.78, 5) is 30.7. The Balaban J connectivity index is 2.17. The van der Waals surface area contributed by atoms with Crippen molar-refractivity contribution in [3.05, 3.63) is 34.9 Å². The summed E-state index contributed by atoms with van der Waals surface area (Å²) in [5, 5.41) is 15.0. The number of carboxylic acids is 1. The molecule has 0 spiro atoms. The number of carbonyl (C=O) groups excluding carboxylic acids is 1. The Labute approximate surface area is 158 Å². The Bertz CT molecular complexity index is 921. The third-order valence-electron chi connectivity index (χ3n) is 4.15. The second kappa shape index (κ2) is 8.36. The normalized spacial score (nSPS) is 13.2. The van der Waals surface area contributed by atoms with E-state index in [4.69, 9.17) is 5.11 Å². The highest BCUT2D eigenvalue weighted by molar-refractivity contribution is 5.83. The largest absolute Gasteiger partial charge is 0.480 e. The maximum absolute atomic E-state index is 12.8. The van der Waals surface area contributed by atoms with Crippen LogP contribution in [0.4, 0.5) is 13.2 Å². The fraction of sp³-hybridized carbons (Fsp3) is 0.471. The van der Waals surface area contributed by atoms with Crippen LogP contribution in [-0.4, -0.2) is 42.6 Å². The Morgan fingerprint density at radius 1 is 1.29 bits per heavy atom. The van der Waals surface area contributed by atoms with Gasteiger partial charge >= 0.3 is 12.1 Å². The lowest BCUT2D eigenvalue weighted by molar-refractivity contribution is -0.144. The second-order valence-corrected chi connectivity index (χ2v) is 6.17. The number of fused-ring (bicyclic) bond motifs is 1. The first-order valence-corrected chi connectivity index (χ1v) is 8.48. The first-order valence-electron chi connectivity index (χ1n) is 8.48. The average Bonchev–Trinajstić information content (AvgIpc) is 3.02. The summed E-state index contributed by atoms with van der Waals surface area (Å²) >= 11 is 0. The summed E-state index contributed by atoms with van der Waals surface area (Å²) in [6.45, 7) is 4.91. The van der Waals surface area contributed by atoms with Crippen LogP contribution in [0, 0.1) is 13.8 Å². The van der Waals surface area contributed by atoms with Crippen LogP contribution in [0.5, 0.6) is 0 Å². The number of carboxylic acid groups (broad SMARTS) is 1. The number of halogens is 3. The third kappa shape index (κ3) is 4.84. The molecule has 1 unspecified atom stereocenters. The van der Waals surface area contributed by atoms with Crippen molar-refractivity contribution in [2.75, 3.05) is 0 Å². The molecule has 8 nitrogen and oxygen atoms in total. The van der Waals surface area contributed by atoms with Crippen LogP contribution < -0.4 is 5.32 Å². The quantitative estimate of drug-likeness (QED) is 0.691. The number of allylic oxidation sites excluding steroid dienone is 1. The molecule has 152 valence electrons. The topological polar surface area (TPSA) is 109 Å². The second-order valence-electron chi connectivity index (χ2n) is 6.17. The number of aromatic nitrogens is 4. The van der Waals surface area contributed by atoms with Gasteiger partial charge in [-0.1, -0.05) is 12.2 Å². The molecular weight excluding hydrogens is 379 g/mol. The predicted octanol–water partition coefficient (Wildman–Crippen LogP) is 2.23.